The van der Waals surface area contributed by atoms with Gasteiger partial charge in [-0.2, -0.15) is 0 Å². The highest BCUT2D eigenvalue weighted by Gasteiger charge is 2.19. The van der Waals surface area contributed by atoms with E-state index < -0.39 is 6.10 Å². The third kappa shape index (κ3) is 2.61. The van der Waals surface area contributed by atoms with Crippen molar-refractivity contribution in [2.24, 2.45) is 0 Å². The van der Waals surface area contributed by atoms with Gasteiger partial charge in [0.05, 0.1) is 7.11 Å². The van der Waals surface area contributed by atoms with Gasteiger partial charge in [0.25, 0.3) is 0 Å². The van der Waals surface area contributed by atoms with Crippen LogP contribution in [0.1, 0.15) is 28.4 Å². The van der Waals surface area contributed by atoms with Gasteiger partial charge in [-0.05, 0) is 31.5 Å². The van der Waals surface area contributed by atoms with E-state index in [1.54, 1.807) is 31.2 Å². The fourth-order valence-electron chi connectivity index (χ4n) is 2.12. The SMILES string of the molecule is COc1ccc(C)cc1C(O)c1cccc(C)c1F. The van der Waals surface area contributed by atoms with Gasteiger partial charge in [0.2, 0.25) is 0 Å². The summed E-state index contributed by atoms with van der Waals surface area (Å²) in [5.74, 6) is 0.178. The molecule has 0 amide bonds. The van der Waals surface area contributed by atoms with Crippen molar-refractivity contribution in [3.63, 3.8) is 0 Å². The molecule has 2 rings (SSSR count). The molecule has 0 aliphatic carbocycles. The van der Waals surface area contributed by atoms with Gasteiger partial charge >= 0.3 is 0 Å². The third-order valence-electron chi connectivity index (χ3n) is 3.20. The molecule has 1 unspecified atom stereocenters. The zero-order valence-corrected chi connectivity index (χ0v) is 11.3. The Hall–Kier alpha value is -1.87. The van der Waals surface area contributed by atoms with Gasteiger partial charge in [-0.15, -0.1) is 0 Å². The molecule has 0 saturated heterocycles. The lowest BCUT2D eigenvalue weighted by atomic mass is 9.97. The predicted molar refractivity (Wildman–Crippen MR) is 72.9 cm³/mol. The molecule has 2 aromatic carbocycles. The molecule has 3 heteroatoms. The zero-order valence-electron chi connectivity index (χ0n) is 11.3. The lowest BCUT2D eigenvalue weighted by molar-refractivity contribution is 0.209. The van der Waals surface area contributed by atoms with Gasteiger partial charge in [0.1, 0.15) is 17.7 Å². The molecular formula is C16H17FO2. The molecule has 19 heavy (non-hydrogen) atoms. The van der Waals surface area contributed by atoms with E-state index in [-0.39, 0.29) is 11.4 Å². The highest BCUT2D eigenvalue weighted by atomic mass is 19.1. The van der Waals surface area contributed by atoms with Crippen molar-refractivity contribution < 1.29 is 14.2 Å². The van der Waals surface area contributed by atoms with Crippen LogP contribution < -0.4 is 4.74 Å². The molecule has 0 aromatic heterocycles. The van der Waals surface area contributed by atoms with Crippen LogP contribution in [0.4, 0.5) is 4.39 Å². The van der Waals surface area contributed by atoms with Crippen molar-refractivity contribution in [1.29, 1.82) is 0 Å². The van der Waals surface area contributed by atoms with Crippen LogP contribution in [0.3, 0.4) is 0 Å². The Labute approximate surface area is 112 Å². The maximum Gasteiger partial charge on any atom is 0.132 e. The minimum atomic E-state index is -1.03. The fraction of sp³-hybridized carbons (Fsp3) is 0.250. The Balaban J connectivity index is 2.52. The number of ether oxygens (including phenoxy) is 1. The van der Waals surface area contributed by atoms with Crippen LogP contribution in [0, 0.1) is 19.7 Å². The monoisotopic (exact) mass is 260 g/mol. The van der Waals surface area contributed by atoms with Crippen molar-refractivity contribution in [3.8, 4) is 5.75 Å². The van der Waals surface area contributed by atoms with E-state index in [0.29, 0.717) is 16.9 Å². The lowest BCUT2D eigenvalue weighted by Crippen LogP contribution is -2.06. The first kappa shape index (κ1) is 13.6. The standard InChI is InChI=1S/C16H17FO2/c1-10-7-8-14(19-3)13(9-10)16(18)12-6-4-5-11(2)15(12)17/h4-9,16,18H,1-3H3. The molecule has 0 aliphatic heterocycles. The Morgan fingerprint density at radius 2 is 1.84 bits per heavy atom. The van der Waals surface area contributed by atoms with Gasteiger partial charge < -0.3 is 9.84 Å². The topological polar surface area (TPSA) is 29.5 Å². The van der Waals surface area contributed by atoms with E-state index in [0.717, 1.165) is 5.56 Å². The summed E-state index contributed by atoms with van der Waals surface area (Å²) in [4.78, 5) is 0. The second-order valence-electron chi connectivity index (χ2n) is 4.63. The summed E-state index contributed by atoms with van der Waals surface area (Å²) in [5.41, 5.74) is 2.35. The van der Waals surface area contributed by atoms with Crippen molar-refractivity contribution in [2.45, 2.75) is 20.0 Å². The van der Waals surface area contributed by atoms with Gasteiger partial charge in [-0.25, -0.2) is 4.39 Å². The maximum atomic E-state index is 14.1. The third-order valence-corrected chi connectivity index (χ3v) is 3.20. The summed E-state index contributed by atoms with van der Waals surface area (Å²) in [6.45, 7) is 3.60. The number of hydrogen-bond donors (Lipinski definition) is 1. The molecule has 2 aromatic rings. The van der Waals surface area contributed by atoms with Crippen LogP contribution in [-0.2, 0) is 0 Å². The summed E-state index contributed by atoms with van der Waals surface area (Å²) >= 11 is 0. The fourth-order valence-corrected chi connectivity index (χ4v) is 2.12. The normalized spacial score (nSPS) is 12.3. The Kier molecular flexibility index (Phi) is 3.86. The van der Waals surface area contributed by atoms with Crippen LogP contribution in [0.15, 0.2) is 36.4 Å². The van der Waals surface area contributed by atoms with Crippen molar-refractivity contribution in [2.75, 3.05) is 7.11 Å². The smallest absolute Gasteiger partial charge is 0.132 e. The van der Waals surface area contributed by atoms with Crippen LogP contribution >= 0.6 is 0 Å². The molecular weight excluding hydrogens is 243 g/mol. The average molecular weight is 260 g/mol. The molecule has 0 bridgehead atoms. The van der Waals surface area contributed by atoms with E-state index in [4.69, 9.17) is 4.74 Å². The van der Waals surface area contributed by atoms with Crippen LogP contribution in [0.5, 0.6) is 5.75 Å². The summed E-state index contributed by atoms with van der Waals surface area (Å²) in [6.07, 6.45) is -1.03. The molecule has 0 fully saturated rings. The summed E-state index contributed by atoms with van der Waals surface area (Å²) in [5, 5.41) is 10.4. The number of methoxy groups -OCH3 is 1. The Bertz CT molecular complexity index is 593. The molecule has 100 valence electrons. The highest BCUT2D eigenvalue weighted by molar-refractivity contribution is 5.43. The van der Waals surface area contributed by atoms with Crippen molar-refractivity contribution in [3.05, 3.63) is 64.5 Å². The lowest BCUT2D eigenvalue weighted by Gasteiger charge is -2.17. The van der Waals surface area contributed by atoms with Crippen LogP contribution in [0.25, 0.3) is 0 Å². The average Bonchev–Trinajstić information content (AvgIpc) is 2.41. The number of hydrogen-bond acceptors (Lipinski definition) is 2. The minimum Gasteiger partial charge on any atom is -0.496 e. The summed E-state index contributed by atoms with van der Waals surface area (Å²) in [6, 6.07) is 10.5. The van der Waals surface area contributed by atoms with E-state index in [1.165, 1.54) is 7.11 Å². The first-order valence-corrected chi connectivity index (χ1v) is 6.12. The number of aliphatic hydroxyl groups excluding tert-OH is 1. The van der Waals surface area contributed by atoms with Crippen LogP contribution in [0.2, 0.25) is 0 Å². The molecule has 1 atom stereocenters. The van der Waals surface area contributed by atoms with Gasteiger partial charge in [-0.3, -0.25) is 0 Å². The summed E-state index contributed by atoms with van der Waals surface area (Å²) in [7, 11) is 1.54. The van der Waals surface area contributed by atoms with E-state index in [9.17, 15) is 9.50 Å². The molecule has 0 saturated carbocycles. The largest absolute Gasteiger partial charge is 0.496 e. The highest BCUT2D eigenvalue weighted by Crippen LogP contribution is 2.32. The predicted octanol–water partition coefficient (Wildman–Crippen LogP) is 3.53. The molecule has 1 N–H and O–H groups in total. The molecule has 2 nitrogen and oxygen atoms in total. The number of benzene rings is 2. The first-order valence-electron chi connectivity index (χ1n) is 6.12. The van der Waals surface area contributed by atoms with Gasteiger partial charge in [0, 0.05) is 11.1 Å². The molecule has 0 radical (unpaired) electrons. The molecule has 0 heterocycles. The number of aryl methyl sites for hydroxylation is 2. The zero-order chi connectivity index (χ0) is 14.0. The summed E-state index contributed by atoms with van der Waals surface area (Å²) < 4.78 is 19.3. The van der Waals surface area contributed by atoms with E-state index in [1.807, 2.05) is 19.1 Å². The second kappa shape index (κ2) is 5.41. The molecule has 0 spiro atoms. The number of rotatable bonds is 3. The van der Waals surface area contributed by atoms with Crippen molar-refractivity contribution in [1.82, 2.24) is 0 Å². The number of aliphatic hydroxyl groups is 1. The quantitative estimate of drug-likeness (QED) is 0.914. The maximum absolute atomic E-state index is 14.1. The van der Waals surface area contributed by atoms with E-state index in [2.05, 4.69) is 0 Å². The second-order valence-corrected chi connectivity index (χ2v) is 4.63. The van der Waals surface area contributed by atoms with Crippen molar-refractivity contribution >= 4 is 0 Å². The van der Waals surface area contributed by atoms with Crippen LogP contribution in [-0.4, -0.2) is 12.2 Å². The van der Waals surface area contributed by atoms with E-state index >= 15 is 0 Å². The first-order chi connectivity index (χ1) is 9.04. The Morgan fingerprint density at radius 3 is 2.53 bits per heavy atom. The Morgan fingerprint density at radius 1 is 1.11 bits per heavy atom. The van der Waals surface area contributed by atoms with Gasteiger partial charge in [0.15, 0.2) is 0 Å². The molecule has 0 aliphatic rings. The van der Waals surface area contributed by atoms with Gasteiger partial charge in [-0.1, -0.05) is 29.8 Å². The minimum absolute atomic E-state index is 0.268. The number of halogens is 1.